The minimum Gasteiger partial charge on any atom is -0.495 e. The molecule has 0 saturated heterocycles. The second-order valence-corrected chi connectivity index (χ2v) is 12.5. The van der Waals surface area contributed by atoms with E-state index in [0.29, 0.717) is 12.3 Å². The number of amides is 2. The number of halogens is 1. The molecule has 0 radical (unpaired) electrons. The Morgan fingerprint density at radius 3 is 2.16 bits per heavy atom. The highest BCUT2D eigenvalue weighted by Crippen LogP contribution is 2.32. The van der Waals surface area contributed by atoms with E-state index in [-0.39, 0.29) is 34.5 Å². The Balaban J connectivity index is 1.81. The minimum atomic E-state index is -4.23. The Hall–Kier alpha value is -4.34. The lowest BCUT2D eigenvalue weighted by molar-refractivity contribution is -0.140. The Labute approximate surface area is 264 Å². The van der Waals surface area contributed by atoms with Gasteiger partial charge in [0, 0.05) is 19.5 Å². The number of aryl methyl sites for hydroxylation is 1. The number of sulfonamides is 1. The summed E-state index contributed by atoms with van der Waals surface area (Å²) in [6.07, 6.45) is 0.240. The van der Waals surface area contributed by atoms with Gasteiger partial charge in [0.15, 0.2) is 0 Å². The Morgan fingerprint density at radius 1 is 0.886 bits per heavy atom. The molecular weight excluding hydrogens is 598 g/mol. The summed E-state index contributed by atoms with van der Waals surface area (Å²) in [5.74, 6) is -0.522. The highest BCUT2D eigenvalue weighted by Gasteiger charge is 2.34. The van der Waals surface area contributed by atoms with Crippen LogP contribution in [0, 0.1) is 6.92 Å². The second kappa shape index (κ2) is 14.9. The number of hydrogen-bond acceptors (Lipinski definition) is 5. The van der Waals surface area contributed by atoms with Crippen LogP contribution in [0.15, 0.2) is 108 Å². The Morgan fingerprint density at radius 2 is 1.55 bits per heavy atom. The minimum absolute atomic E-state index is 0.00883. The van der Waals surface area contributed by atoms with Crippen LogP contribution in [0.25, 0.3) is 0 Å². The molecule has 0 fully saturated rings. The molecule has 1 N–H and O–H groups in total. The van der Waals surface area contributed by atoms with Gasteiger partial charge in [-0.25, -0.2) is 8.42 Å². The van der Waals surface area contributed by atoms with Crippen molar-refractivity contribution in [1.29, 1.82) is 0 Å². The van der Waals surface area contributed by atoms with Crippen molar-refractivity contribution < 1.29 is 22.7 Å². The van der Waals surface area contributed by atoms with Crippen molar-refractivity contribution in [3.8, 4) is 5.75 Å². The van der Waals surface area contributed by atoms with Crippen LogP contribution in [0.5, 0.6) is 5.75 Å². The number of carbonyl (C=O) groups excluding carboxylic acids is 2. The summed E-state index contributed by atoms with van der Waals surface area (Å²) < 4.78 is 34.4. The van der Waals surface area contributed by atoms with E-state index in [1.807, 2.05) is 68.4 Å². The van der Waals surface area contributed by atoms with E-state index in [2.05, 4.69) is 5.32 Å². The van der Waals surface area contributed by atoms with Gasteiger partial charge in [-0.3, -0.25) is 13.9 Å². The van der Waals surface area contributed by atoms with Crippen LogP contribution in [0.2, 0.25) is 5.02 Å². The number of rotatable bonds is 13. The quantitative estimate of drug-likeness (QED) is 0.206. The van der Waals surface area contributed by atoms with Crippen LogP contribution >= 0.6 is 11.6 Å². The number of hydrogen-bond donors (Lipinski definition) is 1. The number of methoxy groups -OCH3 is 1. The number of likely N-dealkylation sites (N-methyl/N-ethyl adjacent to an activating group) is 1. The fourth-order valence-corrected chi connectivity index (χ4v) is 6.59. The zero-order valence-corrected chi connectivity index (χ0v) is 26.5. The fourth-order valence-electron chi connectivity index (χ4n) is 4.91. The van der Waals surface area contributed by atoms with E-state index >= 15 is 0 Å². The van der Waals surface area contributed by atoms with E-state index in [1.165, 1.54) is 36.3 Å². The molecule has 4 rings (SSSR count). The SMILES string of the molecule is CCNC(=O)[C@H](Cc1ccccc1)N(Cc1cccc(C)c1)C(=O)CN(c1ccc(OC)c(Cl)c1)S(=O)(=O)c1ccccc1. The first-order chi connectivity index (χ1) is 21.1. The number of nitrogens with one attached hydrogen (secondary N) is 1. The largest absolute Gasteiger partial charge is 0.495 e. The smallest absolute Gasteiger partial charge is 0.264 e. The van der Waals surface area contributed by atoms with Gasteiger partial charge in [-0.2, -0.15) is 0 Å². The molecule has 0 aromatic heterocycles. The summed E-state index contributed by atoms with van der Waals surface area (Å²) in [5, 5.41) is 3.05. The third-order valence-corrected chi connectivity index (χ3v) is 9.17. The molecule has 8 nitrogen and oxygen atoms in total. The maximum atomic E-state index is 14.4. The van der Waals surface area contributed by atoms with Gasteiger partial charge in [0.05, 0.1) is 22.7 Å². The van der Waals surface area contributed by atoms with Crippen LogP contribution < -0.4 is 14.4 Å². The highest BCUT2D eigenvalue weighted by atomic mass is 35.5. The van der Waals surface area contributed by atoms with E-state index in [9.17, 15) is 18.0 Å². The van der Waals surface area contributed by atoms with Gasteiger partial charge in [0.25, 0.3) is 10.0 Å². The zero-order chi connectivity index (χ0) is 31.7. The number of ether oxygens (including phenoxy) is 1. The molecule has 0 aliphatic heterocycles. The topological polar surface area (TPSA) is 96.0 Å². The summed E-state index contributed by atoms with van der Waals surface area (Å²) in [7, 11) is -2.77. The van der Waals surface area contributed by atoms with Crippen molar-refractivity contribution in [2.45, 2.75) is 37.8 Å². The molecule has 44 heavy (non-hydrogen) atoms. The third kappa shape index (κ3) is 7.98. The summed E-state index contributed by atoms with van der Waals surface area (Å²) in [6, 6.07) is 28.6. The second-order valence-electron chi connectivity index (χ2n) is 10.3. The summed E-state index contributed by atoms with van der Waals surface area (Å²) >= 11 is 6.41. The molecule has 0 bridgehead atoms. The highest BCUT2D eigenvalue weighted by molar-refractivity contribution is 7.92. The van der Waals surface area contributed by atoms with Crippen LogP contribution in [0.4, 0.5) is 5.69 Å². The monoisotopic (exact) mass is 633 g/mol. The molecule has 0 spiro atoms. The zero-order valence-electron chi connectivity index (χ0n) is 24.9. The molecule has 0 unspecified atom stereocenters. The van der Waals surface area contributed by atoms with Gasteiger partial charge < -0.3 is 15.0 Å². The van der Waals surface area contributed by atoms with Crippen molar-refractivity contribution in [3.63, 3.8) is 0 Å². The molecule has 2 amide bonds. The standard InChI is InChI=1S/C34H36ClN3O5S/c1-4-36-34(40)31(21-26-13-7-5-8-14-26)37(23-27-15-11-12-25(2)20-27)33(39)24-38(28-18-19-32(43-3)30(35)22-28)44(41,42)29-16-9-6-10-17-29/h5-20,22,31H,4,21,23-24H2,1-3H3,(H,36,40)/t31-/m0/s1. The fraction of sp³-hybridized carbons (Fsp3) is 0.235. The molecule has 0 heterocycles. The predicted molar refractivity (Wildman–Crippen MR) is 173 cm³/mol. The lowest BCUT2D eigenvalue weighted by atomic mass is 10.0. The molecular formula is C34H36ClN3O5S. The first-order valence-corrected chi connectivity index (χ1v) is 16.0. The molecule has 0 aliphatic carbocycles. The van der Waals surface area contributed by atoms with Gasteiger partial charge in [0.2, 0.25) is 11.8 Å². The summed E-state index contributed by atoms with van der Waals surface area (Å²) in [5.41, 5.74) is 2.85. The molecule has 4 aromatic rings. The number of anilines is 1. The van der Waals surface area contributed by atoms with Crippen molar-refractivity contribution in [2.24, 2.45) is 0 Å². The number of benzene rings is 4. The van der Waals surface area contributed by atoms with Gasteiger partial charge in [-0.1, -0.05) is 90.0 Å². The van der Waals surface area contributed by atoms with E-state index in [1.54, 1.807) is 24.3 Å². The molecule has 230 valence electrons. The van der Waals surface area contributed by atoms with Crippen molar-refractivity contribution in [1.82, 2.24) is 10.2 Å². The van der Waals surface area contributed by atoms with E-state index in [0.717, 1.165) is 21.0 Å². The molecule has 0 saturated carbocycles. The Kier molecular flexibility index (Phi) is 11.0. The van der Waals surface area contributed by atoms with E-state index < -0.39 is 28.5 Å². The van der Waals surface area contributed by atoms with Gasteiger partial charge in [-0.15, -0.1) is 0 Å². The van der Waals surface area contributed by atoms with E-state index in [4.69, 9.17) is 16.3 Å². The lowest BCUT2D eigenvalue weighted by Gasteiger charge is -2.34. The normalized spacial score (nSPS) is 11.8. The maximum Gasteiger partial charge on any atom is 0.264 e. The maximum absolute atomic E-state index is 14.4. The van der Waals surface area contributed by atoms with Crippen LogP contribution in [0.3, 0.4) is 0 Å². The third-order valence-electron chi connectivity index (χ3n) is 7.09. The molecule has 4 aromatic carbocycles. The van der Waals surface area contributed by atoms with Crippen molar-refractivity contribution in [3.05, 3.63) is 125 Å². The van der Waals surface area contributed by atoms with Gasteiger partial charge in [-0.05, 0) is 55.3 Å². The summed E-state index contributed by atoms with van der Waals surface area (Å²) in [4.78, 5) is 29.5. The number of carbonyl (C=O) groups is 2. The summed E-state index contributed by atoms with van der Waals surface area (Å²) in [6.45, 7) is 3.65. The number of nitrogens with zero attached hydrogens (tertiary/aromatic N) is 2. The average molecular weight is 634 g/mol. The first kappa shape index (κ1) is 32.6. The molecule has 1 atom stereocenters. The van der Waals surface area contributed by atoms with Crippen LogP contribution in [0.1, 0.15) is 23.6 Å². The lowest BCUT2D eigenvalue weighted by Crippen LogP contribution is -2.53. The first-order valence-electron chi connectivity index (χ1n) is 14.2. The average Bonchev–Trinajstić information content (AvgIpc) is 3.02. The Bertz CT molecular complexity index is 1680. The van der Waals surface area contributed by atoms with Crippen molar-refractivity contribution in [2.75, 3.05) is 24.5 Å². The van der Waals surface area contributed by atoms with Crippen molar-refractivity contribution >= 4 is 39.1 Å². The van der Waals surface area contributed by atoms with Crippen LogP contribution in [-0.2, 0) is 32.6 Å². The van der Waals surface area contributed by atoms with Gasteiger partial charge in [0.1, 0.15) is 18.3 Å². The van der Waals surface area contributed by atoms with Gasteiger partial charge >= 0.3 is 0 Å². The molecule has 10 heteroatoms. The molecule has 0 aliphatic rings. The van der Waals surface area contributed by atoms with Crippen LogP contribution in [-0.4, -0.2) is 51.4 Å². The predicted octanol–water partition coefficient (Wildman–Crippen LogP) is 5.63.